The summed E-state index contributed by atoms with van der Waals surface area (Å²) in [5.41, 5.74) is 1.24. The van der Waals surface area contributed by atoms with Crippen molar-refractivity contribution in [3.63, 3.8) is 0 Å². The second-order valence-corrected chi connectivity index (χ2v) is 4.36. The van der Waals surface area contributed by atoms with Gasteiger partial charge in [-0.25, -0.2) is 0 Å². The Labute approximate surface area is 116 Å². The molecule has 3 nitrogen and oxygen atoms in total. The highest BCUT2D eigenvalue weighted by molar-refractivity contribution is 5.28. The summed E-state index contributed by atoms with van der Waals surface area (Å²) >= 11 is 0. The summed E-state index contributed by atoms with van der Waals surface area (Å²) in [7, 11) is 0. The number of hydrogen-bond donors (Lipinski definition) is 1. The van der Waals surface area contributed by atoms with E-state index in [2.05, 4.69) is 31.0 Å². The summed E-state index contributed by atoms with van der Waals surface area (Å²) in [5, 5.41) is 3.36. The van der Waals surface area contributed by atoms with Crippen molar-refractivity contribution < 1.29 is 9.47 Å². The van der Waals surface area contributed by atoms with Gasteiger partial charge in [-0.3, -0.25) is 0 Å². The molecule has 0 spiro atoms. The predicted molar refractivity (Wildman–Crippen MR) is 79.6 cm³/mol. The van der Waals surface area contributed by atoms with Gasteiger partial charge in [-0.05, 0) is 30.5 Å². The zero-order valence-electron chi connectivity index (χ0n) is 11.9. The van der Waals surface area contributed by atoms with Crippen LogP contribution < -0.4 is 10.1 Å². The molecule has 1 aromatic carbocycles. The quantitative estimate of drug-likeness (QED) is 0.491. The Kier molecular flexibility index (Phi) is 8.77. The Morgan fingerprint density at radius 2 is 2.16 bits per heavy atom. The van der Waals surface area contributed by atoms with E-state index in [1.54, 1.807) is 0 Å². The van der Waals surface area contributed by atoms with Crippen molar-refractivity contribution in [2.75, 3.05) is 26.4 Å². The normalized spacial score (nSPS) is 10.4. The first-order valence-corrected chi connectivity index (χ1v) is 6.98. The third-order valence-electron chi connectivity index (χ3n) is 2.59. The summed E-state index contributed by atoms with van der Waals surface area (Å²) in [4.78, 5) is 0. The van der Waals surface area contributed by atoms with Crippen LogP contribution in [0.25, 0.3) is 0 Å². The molecule has 1 N–H and O–H groups in total. The molecule has 19 heavy (non-hydrogen) atoms. The molecule has 0 atom stereocenters. The average Bonchev–Trinajstić information content (AvgIpc) is 2.44. The Morgan fingerprint density at radius 3 is 2.95 bits per heavy atom. The van der Waals surface area contributed by atoms with Gasteiger partial charge in [0.25, 0.3) is 0 Å². The van der Waals surface area contributed by atoms with Gasteiger partial charge in [0.05, 0.1) is 19.8 Å². The van der Waals surface area contributed by atoms with E-state index in [0.717, 1.165) is 51.5 Å². The monoisotopic (exact) mass is 263 g/mol. The number of nitrogens with one attached hydrogen (secondary N) is 1. The van der Waals surface area contributed by atoms with Crippen LogP contribution in [-0.2, 0) is 11.3 Å². The maximum atomic E-state index is 5.61. The van der Waals surface area contributed by atoms with Crippen LogP contribution in [0, 0.1) is 0 Å². The lowest BCUT2D eigenvalue weighted by molar-refractivity contribution is 0.140. The van der Waals surface area contributed by atoms with Crippen molar-refractivity contribution in [2.24, 2.45) is 0 Å². The highest BCUT2D eigenvalue weighted by Gasteiger charge is 1.96. The van der Waals surface area contributed by atoms with Crippen LogP contribution in [0.1, 0.15) is 25.3 Å². The molecule has 0 aliphatic carbocycles. The lowest BCUT2D eigenvalue weighted by atomic mass is 10.2. The Morgan fingerprint density at radius 1 is 1.26 bits per heavy atom. The van der Waals surface area contributed by atoms with Gasteiger partial charge in [0.1, 0.15) is 5.75 Å². The van der Waals surface area contributed by atoms with Crippen LogP contribution >= 0.6 is 0 Å². The summed E-state index contributed by atoms with van der Waals surface area (Å²) in [6.07, 6.45) is 3.82. The average molecular weight is 263 g/mol. The highest BCUT2D eigenvalue weighted by Crippen LogP contribution is 2.13. The molecular formula is C16H25NO2. The maximum Gasteiger partial charge on any atom is 0.119 e. The van der Waals surface area contributed by atoms with Crippen LogP contribution in [-0.4, -0.2) is 26.4 Å². The Bertz CT molecular complexity index is 352. The van der Waals surface area contributed by atoms with Crippen molar-refractivity contribution in [1.82, 2.24) is 5.32 Å². The van der Waals surface area contributed by atoms with Crippen LogP contribution in [0.5, 0.6) is 5.75 Å². The third kappa shape index (κ3) is 7.65. The molecule has 106 valence electrons. The molecule has 1 aromatic rings. The van der Waals surface area contributed by atoms with E-state index in [0.29, 0.717) is 0 Å². The molecule has 0 aliphatic rings. The van der Waals surface area contributed by atoms with Gasteiger partial charge < -0.3 is 14.8 Å². The van der Waals surface area contributed by atoms with E-state index in [1.807, 2.05) is 18.2 Å². The summed E-state index contributed by atoms with van der Waals surface area (Å²) < 4.78 is 11.0. The minimum Gasteiger partial charge on any atom is -0.494 e. The maximum absolute atomic E-state index is 5.61. The van der Waals surface area contributed by atoms with E-state index >= 15 is 0 Å². The minimum absolute atomic E-state index is 0.736. The van der Waals surface area contributed by atoms with Crippen molar-refractivity contribution in [2.45, 2.75) is 26.3 Å². The van der Waals surface area contributed by atoms with Crippen molar-refractivity contribution in [1.29, 1.82) is 0 Å². The van der Waals surface area contributed by atoms with Crippen molar-refractivity contribution in [3.05, 3.63) is 42.5 Å². The zero-order chi connectivity index (χ0) is 13.8. The first kappa shape index (κ1) is 15.7. The molecule has 0 radical (unpaired) electrons. The van der Waals surface area contributed by atoms with Gasteiger partial charge in [-0.15, -0.1) is 6.58 Å². The molecule has 0 aromatic heterocycles. The molecule has 0 saturated heterocycles. The molecule has 0 heterocycles. The van der Waals surface area contributed by atoms with Gasteiger partial charge >= 0.3 is 0 Å². The summed E-state index contributed by atoms with van der Waals surface area (Å²) in [6, 6.07) is 8.21. The van der Waals surface area contributed by atoms with Crippen LogP contribution in [0.15, 0.2) is 36.9 Å². The number of ether oxygens (including phenoxy) is 2. The lowest BCUT2D eigenvalue weighted by Crippen LogP contribution is -2.19. The van der Waals surface area contributed by atoms with Gasteiger partial charge in [0.15, 0.2) is 0 Å². The molecular weight excluding hydrogens is 238 g/mol. The highest BCUT2D eigenvalue weighted by atomic mass is 16.5. The fourth-order valence-corrected chi connectivity index (χ4v) is 1.61. The molecule has 1 rings (SSSR count). The number of rotatable bonds is 11. The molecule has 0 saturated carbocycles. The fourth-order valence-electron chi connectivity index (χ4n) is 1.61. The fraction of sp³-hybridized carbons (Fsp3) is 0.500. The Balaban J connectivity index is 2.16. The van der Waals surface area contributed by atoms with Crippen molar-refractivity contribution >= 4 is 0 Å². The first-order chi connectivity index (χ1) is 9.36. The molecule has 0 amide bonds. The second kappa shape index (κ2) is 10.6. The van der Waals surface area contributed by atoms with Gasteiger partial charge in [0.2, 0.25) is 0 Å². The smallest absolute Gasteiger partial charge is 0.119 e. The van der Waals surface area contributed by atoms with Crippen LogP contribution in [0.3, 0.4) is 0 Å². The predicted octanol–water partition coefficient (Wildman–Crippen LogP) is 3.16. The van der Waals surface area contributed by atoms with Gasteiger partial charge in [0, 0.05) is 13.1 Å². The van der Waals surface area contributed by atoms with E-state index in [4.69, 9.17) is 9.47 Å². The third-order valence-corrected chi connectivity index (χ3v) is 2.59. The number of hydrogen-bond acceptors (Lipinski definition) is 3. The Hall–Kier alpha value is -1.32. The summed E-state index contributed by atoms with van der Waals surface area (Å²) in [6.45, 7) is 9.73. The molecule has 0 bridgehead atoms. The van der Waals surface area contributed by atoms with Crippen LogP contribution in [0.2, 0.25) is 0 Å². The van der Waals surface area contributed by atoms with E-state index in [1.165, 1.54) is 5.56 Å². The zero-order valence-corrected chi connectivity index (χ0v) is 11.9. The number of benzene rings is 1. The van der Waals surface area contributed by atoms with Crippen molar-refractivity contribution in [3.8, 4) is 5.75 Å². The molecule has 3 heteroatoms. The largest absolute Gasteiger partial charge is 0.494 e. The van der Waals surface area contributed by atoms with Gasteiger partial charge in [-0.2, -0.15) is 0 Å². The standard InChI is InChI=1S/C16H25NO2/c1-3-5-11-18-12-9-17-14-15-7-6-8-16(13-15)19-10-4-2/h3,6-8,13,17H,1,4-5,9-12,14H2,2H3. The summed E-state index contributed by atoms with van der Waals surface area (Å²) in [5.74, 6) is 0.948. The molecule has 0 fully saturated rings. The molecule has 0 unspecified atom stereocenters. The second-order valence-electron chi connectivity index (χ2n) is 4.36. The molecule has 0 aliphatic heterocycles. The van der Waals surface area contributed by atoms with E-state index < -0.39 is 0 Å². The van der Waals surface area contributed by atoms with Gasteiger partial charge in [-0.1, -0.05) is 25.1 Å². The topological polar surface area (TPSA) is 30.5 Å². The van der Waals surface area contributed by atoms with Crippen LogP contribution in [0.4, 0.5) is 0 Å². The minimum atomic E-state index is 0.736. The lowest BCUT2D eigenvalue weighted by Gasteiger charge is -2.08. The van der Waals surface area contributed by atoms with E-state index in [-0.39, 0.29) is 0 Å². The van der Waals surface area contributed by atoms with E-state index in [9.17, 15) is 0 Å². The first-order valence-electron chi connectivity index (χ1n) is 6.98. The SMILES string of the molecule is C=CCCOCCNCc1cccc(OCCC)c1.